The van der Waals surface area contributed by atoms with Crippen LogP contribution in [0.2, 0.25) is 0 Å². The maximum absolute atomic E-state index is 14.0. The lowest BCUT2D eigenvalue weighted by molar-refractivity contribution is -0.121. The Kier molecular flexibility index (Phi) is 10.3. The molecule has 1 aliphatic heterocycles. The number of hydrogen-bond donors (Lipinski definition) is 1. The monoisotopic (exact) mass is 646 g/mol. The number of pyridine rings is 1. The highest BCUT2D eigenvalue weighted by Crippen LogP contribution is 2.38. The standard InChI is InChI=1S/C27H33F3N4O5S3/c1-3-4-16-39-20-6-9-22(10-7-20)41(35,36)25-18-31-24-11-8-21(40-2)17-23(24)26(25)33-12-5-13-34(15-14-33)42(37,38)32-19-27(28,29)30/h6-11,17-18,32H,3-5,12-16,19H2,1-2H3. The zero-order chi connectivity index (χ0) is 30.5. The smallest absolute Gasteiger partial charge is 0.402 e. The van der Waals surface area contributed by atoms with E-state index in [2.05, 4.69) is 4.98 Å². The summed E-state index contributed by atoms with van der Waals surface area (Å²) in [5.74, 6) is 0.553. The number of nitrogens with one attached hydrogen (secondary N) is 1. The molecule has 2 aromatic carbocycles. The minimum absolute atomic E-state index is 0.0235. The molecule has 42 heavy (non-hydrogen) atoms. The third-order valence-electron chi connectivity index (χ3n) is 6.77. The first-order valence-electron chi connectivity index (χ1n) is 13.4. The van der Waals surface area contributed by atoms with Gasteiger partial charge in [-0.25, -0.2) is 8.42 Å². The molecule has 230 valence electrons. The van der Waals surface area contributed by atoms with Crippen LogP contribution in [0, 0.1) is 0 Å². The fraction of sp³-hybridized carbons (Fsp3) is 0.444. The average Bonchev–Trinajstić information content (AvgIpc) is 3.22. The van der Waals surface area contributed by atoms with Crippen LogP contribution in [-0.2, 0) is 20.0 Å². The summed E-state index contributed by atoms with van der Waals surface area (Å²) in [6, 6.07) is 11.7. The molecule has 0 spiro atoms. The molecule has 3 aromatic rings. The van der Waals surface area contributed by atoms with E-state index < -0.39 is 32.8 Å². The molecular formula is C27H33F3N4O5S3. The summed E-state index contributed by atoms with van der Waals surface area (Å²) in [6.45, 7) is 1.07. The first kappa shape index (κ1) is 32.3. The summed E-state index contributed by atoms with van der Waals surface area (Å²) in [6.07, 6.45) is 0.606. The summed E-state index contributed by atoms with van der Waals surface area (Å²) in [5.41, 5.74) is 0.934. The molecule has 0 atom stereocenters. The zero-order valence-electron chi connectivity index (χ0n) is 23.2. The number of anilines is 1. The molecule has 0 radical (unpaired) electrons. The van der Waals surface area contributed by atoms with E-state index in [0.29, 0.717) is 28.9 Å². The minimum atomic E-state index is -4.70. The van der Waals surface area contributed by atoms with Crippen molar-refractivity contribution in [2.45, 2.75) is 47.0 Å². The van der Waals surface area contributed by atoms with E-state index in [4.69, 9.17) is 4.74 Å². The number of halogens is 3. The predicted octanol–water partition coefficient (Wildman–Crippen LogP) is 4.88. The Bertz CT molecular complexity index is 1600. The van der Waals surface area contributed by atoms with Crippen LogP contribution < -0.4 is 14.4 Å². The number of fused-ring (bicyclic) bond motifs is 1. The van der Waals surface area contributed by atoms with Crippen molar-refractivity contribution in [3.05, 3.63) is 48.7 Å². The Balaban J connectivity index is 1.72. The van der Waals surface area contributed by atoms with Gasteiger partial charge in [-0.1, -0.05) is 13.3 Å². The van der Waals surface area contributed by atoms with Gasteiger partial charge in [0.15, 0.2) is 0 Å². The van der Waals surface area contributed by atoms with Crippen LogP contribution in [0.3, 0.4) is 0 Å². The number of rotatable bonds is 11. The number of sulfone groups is 1. The molecule has 1 aliphatic rings. The molecule has 0 saturated carbocycles. The molecule has 1 aromatic heterocycles. The summed E-state index contributed by atoms with van der Waals surface area (Å²) in [4.78, 5) is 7.10. The van der Waals surface area contributed by atoms with Crippen molar-refractivity contribution in [3.63, 3.8) is 0 Å². The average molecular weight is 647 g/mol. The van der Waals surface area contributed by atoms with Gasteiger partial charge in [-0.05, 0) is 61.6 Å². The second-order valence-corrected chi connectivity index (χ2v) is 14.3. The van der Waals surface area contributed by atoms with Crippen molar-refractivity contribution in [1.82, 2.24) is 14.0 Å². The molecular weight excluding hydrogens is 614 g/mol. The fourth-order valence-electron chi connectivity index (χ4n) is 4.59. The van der Waals surface area contributed by atoms with Gasteiger partial charge in [0.1, 0.15) is 17.2 Å². The van der Waals surface area contributed by atoms with Crippen molar-refractivity contribution >= 4 is 48.4 Å². The number of unbranched alkanes of at least 4 members (excludes halogenated alkanes) is 1. The normalized spacial score (nSPS) is 15.6. The van der Waals surface area contributed by atoms with Crippen LogP contribution in [-0.4, -0.2) is 77.9 Å². The van der Waals surface area contributed by atoms with Gasteiger partial charge in [-0.15, -0.1) is 11.8 Å². The van der Waals surface area contributed by atoms with Crippen molar-refractivity contribution in [3.8, 4) is 5.75 Å². The number of nitrogens with zero attached hydrogens (tertiary/aromatic N) is 3. The third kappa shape index (κ3) is 7.67. The van der Waals surface area contributed by atoms with Gasteiger partial charge in [0.2, 0.25) is 9.84 Å². The van der Waals surface area contributed by atoms with E-state index in [1.165, 1.54) is 30.1 Å². The second kappa shape index (κ2) is 13.4. The quantitative estimate of drug-likeness (QED) is 0.232. The Morgan fingerprint density at radius 2 is 1.76 bits per heavy atom. The van der Waals surface area contributed by atoms with Gasteiger partial charge in [0.05, 0.1) is 22.7 Å². The van der Waals surface area contributed by atoms with E-state index in [1.807, 2.05) is 25.3 Å². The lowest BCUT2D eigenvalue weighted by atomic mass is 10.1. The van der Waals surface area contributed by atoms with Gasteiger partial charge in [-0.3, -0.25) is 4.98 Å². The summed E-state index contributed by atoms with van der Waals surface area (Å²) >= 11 is 1.48. The van der Waals surface area contributed by atoms with Gasteiger partial charge in [0, 0.05) is 42.7 Å². The summed E-state index contributed by atoms with van der Waals surface area (Å²) in [5, 5.41) is 0.578. The molecule has 15 heteroatoms. The number of aromatic nitrogens is 1. The van der Waals surface area contributed by atoms with Crippen molar-refractivity contribution in [1.29, 1.82) is 0 Å². The molecule has 9 nitrogen and oxygen atoms in total. The minimum Gasteiger partial charge on any atom is -0.494 e. The second-order valence-electron chi connectivity index (χ2n) is 9.71. The zero-order valence-corrected chi connectivity index (χ0v) is 25.7. The molecule has 0 unspecified atom stereocenters. The fourth-order valence-corrected chi connectivity index (χ4v) is 7.68. The molecule has 0 aliphatic carbocycles. The van der Waals surface area contributed by atoms with E-state index in [0.717, 1.165) is 22.0 Å². The van der Waals surface area contributed by atoms with Gasteiger partial charge in [-0.2, -0.15) is 30.6 Å². The van der Waals surface area contributed by atoms with Crippen molar-refractivity contribution < 1.29 is 34.7 Å². The topological polar surface area (TPSA) is 109 Å². The Labute approximate surface area is 248 Å². The van der Waals surface area contributed by atoms with Crippen molar-refractivity contribution in [2.75, 3.05) is 50.5 Å². The maximum Gasteiger partial charge on any atom is 0.402 e. The molecule has 1 N–H and O–H groups in total. The summed E-state index contributed by atoms with van der Waals surface area (Å²) < 4.78 is 99.6. The lowest BCUT2D eigenvalue weighted by Gasteiger charge is -2.27. The third-order valence-corrected chi connectivity index (χ3v) is 10.8. The predicted molar refractivity (Wildman–Crippen MR) is 157 cm³/mol. The molecule has 1 saturated heterocycles. The van der Waals surface area contributed by atoms with E-state index in [1.54, 1.807) is 27.8 Å². The summed E-state index contributed by atoms with van der Waals surface area (Å²) in [7, 11) is -8.49. The Morgan fingerprint density at radius 3 is 2.43 bits per heavy atom. The lowest BCUT2D eigenvalue weighted by Crippen LogP contribution is -2.45. The van der Waals surface area contributed by atoms with Crippen LogP contribution in [0.5, 0.6) is 5.75 Å². The van der Waals surface area contributed by atoms with Crippen molar-refractivity contribution in [2.24, 2.45) is 0 Å². The number of ether oxygens (including phenoxy) is 1. The van der Waals surface area contributed by atoms with Gasteiger partial charge < -0.3 is 9.64 Å². The number of benzene rings is 2. The molecule has 2 heterocycles. The first-order chi connectivity index (χ1) is 19.9. The van der Waals surface area contributed by atoms with E-state index in [-0.39, 0.29) is 42.4 Å². The molecule has 1 fully saturated rings. The largest absolute Gasteiger partial charge is 0.494 e. The van der Waals surface area contributed by atoms with Crippen LogP contribution in [0.25, 0.3) is 10.9 Å². The van der Waals surface area contributed by atoms with Crippen LogP contribution >= 0.6 is 11.8 Å². The highest BCUT2D eigenvalue weighted by atomic mass is 32.2. The SMILES string of the molecule is CCCCOc1ccc(S(=O)(=O)c2cnc3ccc(SC)cc3c2N2CCCN(S(=O)(=O)NCC(F)(F)F)CC2)cc1. The Hall–Kier alpha value is -2.59. The first-order valence-corrected chi connectivity index (χ1v) is 17.5. The van der Waals surface area contributed by atoms with Gasteiger partial charge in [0.25, 0.3) is 10.2 Å². The van der Waals surface area contributed by atoms with E-state index in [9.17, 15) is 30.0 Å². The number of thioether (sulfide) groups is 1. The molecule has 4 rings (SSSR count). The highest BCUT2D eigenvalue weighted by Gasteiger charge is 2.34. The van der Waals surface area contributed by atoms with Gasteiger partial charge >= 0.3 is 6.18 Å². The van der Waals surface area contributed by atoms with Crippen LogP contribution in [0.15, 0.2) is 63.3 Å². The maximum atomic E-state index is 14.0. The molecule has 0 amide bonds. The van der Waals surface area contributed by atoms with E-state index >= 15 is 0 Å². The molecule has 0 bridgehead atoms. The number of alkyl halides is 3. The van der Waals surface area contributed by atoms with Crippen LogP contribution in [0.4, 0.5) is 18.9 Å². The highest BCUT2D eigenvalue weighted by molar-refractivity contribution is 7.98. The van der Waals surface area contributed by atoms with Crippen LogP contribution in [0.1, 0.15) is 26.2 Å². The Morgan fingerprint density at radius 1 is 1.02 bits per heavy atom. The number of hydrogen-bond acceptors (Lipinski definition) is 8.